The van der Waals surface area contributed by atoms with Crippen molar-refractivity contribution in [3.8, 4) is 22.9 Å². The highest BCUT2D eigenvalue weighted by Crippen LogP contribution is 2.34. The van der Waals surface area contributed by atoms with Gasteiger partial charge < -0.3 is 18.9 Å². The average molecular weight is 364 g/mol. The number of carbonyl (C=O) groups is 1. The Hall–Kier alpha value is -3.42. The van der Waals surface area contributed by atoms with E-state index in [9.17, 15) is 4.79 Å². The fourth-order valence-electron chi connectivity index (χ4n) is 3.37. The first kappa shape index (κ1) is 15.8. The Balaban J connectivity index is 1.30. The van der Waals surface area contributed by atoms with Gasteiger partial charge in [-0.1, -0.05) is 11.2 Å². The van der Waals surface area contributed by atoms with Crippen LogP contribution in [0.25, 0.3) is 11.4 Å². The summed E-state index contributed by atoms with van der Waals surface area (Å²) in [6, 6.07) is 9.37. The van der Waals surface area contributed by atoms with E-state index < -0.39 is 0 Å². The van der Waals surface area contributed by atoms with Gasteiger partial charge in [0.1, 0.15) is 0 Å². The van der Waals surface area contributed by atoms with Crippen LogP contribution in [0.2, 0.25) is 0 Å². The molecule has 0 radical (unpaired) electrons. The molecular weight excluding hydrogens is 348 g/mol. The van der Waals surface area contributed by atoms with E-state index in [0.717, 1.165) is 22.6 Å². The lowest BCUT2D eigenvalue weighted by Gasteiger charge is -2.16. The van der Waals surface area contributed by atoms with Crippen molar-refractivity contribution in [1.29, 1.82) is 0 Å². The number of nitrogens with zero attached hydrogens (tertiary/aromatic N) is 4. The maximum atomic E-state index is 12.4. The zero-order chi connectivity index (χ0) is 18.2. The monoisotopic (exact) mass is 364 g/mol. The molecule has 0 spiro atoms. The molecule has 4 heterocycles. The highest BCUT2D eigenvalue weighted by molar-refractivity contribution is 5.79. The lowest BCUT2D eigenvalue weighted by atomic mass is 10.1. The average Bonchev–Trinajstić information content (AvgIpc) is 3.42. The first-order valence-electron chi connectivity index (χ1n) is 8.66. The van der Waals surface area contributed by atoms with Crippen molar-refractivity contribution < 1.29 is 18.8 Å². The van der Waals surface area contributed by atoms with Crippen LogP contribution in [-0.4, -0.2) is 39.3 Å². The lowest BCUT2D eigenvalue weighted by molar-refractivity contribution is -0.128. The van der Waals surface area contributed by atoms with Crippen molar-refractivity contribution in [2.75, 3.05) is 13.3 Å². The number of benzene rings is 1. The van der Waals surface area contributed by atoms with Crippen LogP contribution < -0.4 is 9.47 Å². The van der Waals surface area contributed by atoms with E-state index in [0.29, 0.717) is 31.2 Å². The van der Waals surface area contributed by atoms with Gasteiger partial charge in [-0.05, 0) is 29.8 Å². The van der Waals surface area contributed by atoms with Gasteiger partial charge in [0.2, 0.25) is 24.4 Å². The van der Waals surface area contributed by atoms with Crippen LogP contribution in [0.5, 0.6) is 11.5 Å². The fraction of sp³-hybridized carbons (Fsp3) is 0.263. The molecule has 5 rings (SSSR count). The summed E-state index contributed by atoms with van der Waals surface area (Å²) in [5.74, 6) is 2.42. The zero-order valence-corrected chi connectivity index (χ0v) is 14.4. The molecule has 1 aromatic carbocycles. The topological polar surface area (TPSA) is 90.6 Å². The molecule has 1 unspecified atom stereocenters. The van der Waals surface area contributed by atoms with Gasteiger partial charge in [-0.25, -0.2) is 0 Å². The number of hydrogen-bond acceptors (Lipinski definition) is 7. The molecule has 2 aliphatic heterocycles. The van der Waals surface area contributed by atoms with Crippen LogP contribution in [0.15, 0.2) is 47.2 Å². The van der Waals surface area contributed by atoms with Gasteiger partial charge >= 0.3 is 0 Å². The molecule has 8 heteroatoms. The third-order valence-corrected chi connectivity index (χ3v) is 4.75. The highest BCUT2D eigenvalue weighted by atomic mass is 16.7. The molecule has 8 nitrogen and oxygen atoms in total. The van der Waals surface area contributed by atoms with Crippen LogP contribution in [0.4, 0.5) is 0 Å². The minimum absolute atomic E-state index is 0.0707. The molecule has 2 aromatic heterocycles. The summed E-state index contributed by atoms with van der Waals surface area (Å²) in [6.45, 7) is 1.29. The smallest absolute Gasteiger partial charge is 0.232 e. The van der Waals surface area contributed by atoms with Gasteiger partial charge in [0, 0.05) is 37.5 Å². The summed E-state index contributed by atoms with van der Waals surface area (Å²) in [4.78, 5) is 22.7. The Bertz CT molecular complexity index is 988. The summed E-state index contributed by atoms with van der Waals surface area (Å²) < 4.78 is 16.1. The van der Waals surface area contributed by atoms with E-state index in [1.165, 1.54) is 0 Å². The predicted octanol–water partition coefficient (Wildman–Crippen LogP) is 2.38. The first-order chi connectivity index (χ1) is 13.3. The maximum absolute atomic E-state index is 12.4. The van der Waals surface area contributed by atoms with Gasteiger partial charge in [-0.2, -0.15) is 4.98 Å². The van der Waals surface area contributed by atoms with E-state index in [2.05, 4.69) is 15.1 Å². The molecule has 27 heavy (non-hydrogen) atoms. The minimum Gasteiger partial charge on any atom is -0.454 e. The van der Waals surface area contributed by atoms with Crippen LogP contribution in [0, 0.1) is 0 Å². The quantitative estimate of drug-likeness (QED) is 0.702. The molecule has 0 aliphatic carbocycles. The SMILES string of the molecule is O=C1CC(c2nc(-c3ccncc3)no2)CN1Cc1ccc2c(c1)OCO2. The summed E-state index contributed by atoms with van der Waals surface area (Å²) >= 11 is 0. The van der Waals surface area contributed by atoms with E-state index in [1.54, 1.807) is 17.3 Å². The second-order valence-corrected chi connectivity index (χ2v) is 6.56. The Morgan fingerprint density at radius 2 is 1.96 bits per heavy atom. The Labute approximate surface area is 154 Å². The van der Waals surface area contributed by atoms with Gasteiger partial charge in [0.05, 0.1) is 5.92 Å². The molecule has 0 N–H and O–H groups in total. The number of fused-ring (bicyclic) bond motifs is 1. The number of amides is 1. The van der Waals surface area contributed by atoms with Crippen molar-refractivity contribution in [2.45, 2.75) is 18.9 Å². The molecule has 1 atom stereocenters. The molecule has 3 aromatic rings. The summed E-state index contributed by atoms with van der Waals surface area (Å²) in [5.41, 5.74) is 1.83. The van der Waals surface area contributed by atoms with E-state index in [-0.39, 0.29) is 18.6 Å². The third-order valence-electron chi connectivity index (χ3n) is 4.75. The lowest BCUT2D eigenvalue weighted by Crippen LogP contribution is -2.24. The Morgan fingerprint density at radius 1 is 1.11 bits per heavy atom. The van der Waals surface area contributed by atoms with Crippen molar-refractivity contribution in [1.82, 2.24) is 20.0 Å². The van der Waals surface area contributed by atoms with Crippen LogP contribution in [0.1, 0.15) is 23.8 Å². The molecule has 1 fully saturated rings. The number of ether oxygens (including phenoxy) is 2. The molecule has 136 valence electrons. The minimum atomic E-state index is -0.102. The standard InChI is InChI=1S/C19H16N4O4/c24-17-8-14(19-21-18(22-27-19)13-3-5-20-6-4-13)10-23(17)9-12-1-2-15-16(7-12)26-11-25-15/h1-7,14H,8-11H2. The number of rotatable bonds is 4. The largest absolute Gasteiger partial charge is 0.454 e. The molecule has 1 amide bonds. The van der Waals surface area contributed by atoms with Crippen molar-refractivity contribution >= 4 is 5.91 Å². The van der Waals surface area contributed by atoms with Crippen LogP contribution in [0.3, 0.4) is 0 Å². The van der Waals surface area contributed by atoms with Crippen LogP contribution >= 0.6 is 0 Å². The van der Waals surface area contributed by atoms with Gasteiger partial charge in [0.25, 0.3) is 0 Å². The molecular formula is C19H16N4O4. The molecule has 0 bridgehead atoms. The van der Waals surface area contributed by atoms with Gasteiger partial charge in [-0.3, -0.25) is 9.78 Å². The van der Waals surface area contributed by atoms with Gasteiger partial charge in [0.15, 0.2) is 11.5 Å². The predicted molar refractivity (Wildman–Crippen MR) is 92.9 cm³/mol. The van der Waals surface area contributed by atoms with Gasteiger partial charge in [-0.15, -0.1) is 0 Å². The molecule has 0 saturated carbocycles. The molecule has 2 aliphatic rings. The number of aromatic nitrogens is 3. The van der Waals surface area contributed by atoms with Crippen molar-refractivity contribution in [2.24, 2.45) is 0 Å². The first-order valence-corrected chi connectivity index (χ1v) is 8.66. The second kappa shape index (κ2) is 6.39. The van der Waals surface area contributed by atoms with E-state index in [1.807, 2.05) is 30.3 Å². The number of pyridine rings is 1. The number of carbonyl (C=O) groups excluding carboxylic acids is 1. The van der Waals surface area contributed by atoms with E-state index >= 15 is 0 Å². The van der Waals surface area contributed by atoms with Crippen LogP contribution in [-0.2, 0) is 11.3 Å². The number of hydrogen-bond donors (Lipinski definition) is 0. The zero-order valence-electron chi connectivity index (χ0n) is 14.4. The van der Waals surface area contributed by atoms with Crippen molar-refractivity contribution in [3.63, 3.8) is 0 Å². The summed E-state index contributed by atoms with van der Waals surface area (Å²) in [7, 11) is 0. The number of likely N-dealkylation sites (tertiary alicyclic amines) is 1. The van der Waals surface area contributed by atoms with Crippen molar-refractivity contribution in [3.05, 3.63) is 54.2 Å². The second-order valence-electron chi connectivity index (χ2n) is 6.56. The fourth-order valence-corrected chi connectivity index (χ4v) is 3.37. The highest BCUT2D eigenvalue weighted by Gasteiger charge is 2.34. The normalized spacial score (nSPS) is 18.3. The summed E-state index contributed by atoms with van der Waals surface area (Å²) in [5, 5.41) is 4.03. The third kappa shape index (κ3) is 2.99. The Kier molecular flexibility index (Phi) is 3.74. The van der Waals surface area contributed by atoms with E-state index in [4.69, 9.17) is 14.0 Å². The molecule has 1 saturated heterocycles. The summed E-state index contributed by atoms with van der Waals surface area (Å²) in [6.07, 6.45) is 3.72. The Morgan fingerprint density at radius 3 is 2.85 bits per heavy atom. The maximum Gasteiger partial charge on any atom is 0.232 e.